The summed E-state index contributed by atoms with van der Waals surface area (Å²) in [6.07, 6.45) is 5.22. The smallest absolute Gasteiger partial charge is 0.191 e. The molecule has 0 radical (unpaired) electrons. The van der Waals surface area contributed by atoms with Crippen LogP contribution in [0.5, 0.6) is 0 Å². The van der Waals surface area contributed by atoms with E-state index in [1.165, 1.54) is 5.69 Å². The Balaban J connectivity index is 1.32. The highest BCUT2D eigenvalue weighted by molar-refractivity contribution is 8.00. The summed E-state index contributed by atoms with van der Waals surface area (Å²) in [4.78, 5) is 11.1. The van der Waals surface area contributed by atoms with Gasteiger partial charge in [0.25, 0.3) is 0 Å². The molecule has 1 aliphatic heterocycles. The van der Waals surface area contributed by atoms with E-state index in [1.54, 1.807) is 11.3 Å². The van der Waals surface area contributed by atoms with Crippen molar-refractivity contribution in [3.05, 3.63) is 41.9 Å². The molecule has 1 fully saturated rings. The van der Waals surface area contributed by atoms with Gasteiger partial charge in [-0.15, -0.1) is 11.3 Å². The van der Waals surface area contributed by atoms with Crippen LogP contribution < -0.4 is 15.5 Å². The number of guanidine groups is 1. The van der Waals surface area contributed by atoms with Crippen molar-refractivity contribution in [3.8, 4) is 0 Å². The Morgan fingerprint density at radius 2 is 2.12 bits per heavy atom. The standard InChI is InChI=1S/C19H27N5S2/c1-20-18(21-10-5-14-25-19-22-11-15-26-19)23-16-8-12-24(13-9-16)17-6-3-2-4-7-17/h2-4,6-7,11,15-16H,5,8-10,12-14H2,1H3,(H2,20,21,23). The SMILES string of the molecule is CN=C(NCCCSc1nccs1)NC1CCN(c2ccccc2)CC1. The number of aromatic nitrogens is 1. The van der Waals surface area contributed by atoms with Gasteiger partial charge in [-0.05, 0) is 31.4 Å². The van der Waals surface area contributed by atoms with Crippen molar-refractivity contribution >= 4 is 34.7 Å². The molecule has 140 valence electrons. The monoisotopic (exact) mass is 389 g/mol. The number of hydrogen-bond donors (Lipinski definition) is 2. The summed E-state index contributed by atoms with van der Waals surface area (Å²) in [5.74, 6) is 2.00. The van der Waals surface area contributed by atoms with Crippen LogP contribution in [-0.2, 0) is 0 Å². The van der Waals surface area contributed by atoms with Crippen LogP contribution in [0.1, 0.15) is 19.3 Å². The average Bonchev–Trinajstić information content (AvgIpc) is 3.21. The van der Waals surface area contributed by atoms with Gasteiger partial charge in [-0.25, -0.2) is 4.98 Å². The molecule has 0 aliphatic carbocycles. The fourth-order valence-corrected chi connectivity index (χ4v) is 4.68. The minimum atomic E-state index is 0.492. The van der Waals surface area contributed by atoms with Crippen LogP contribution in [0.2, 0.25) is 0 Å². The first kappa shape index (κ1) is 19.0. The van der Waals surface area contributed by atoms with E-state index in [2.05, 4.69) is 55.8 Å². The highest BCUT2D eigenvalue weighted by atomic mass is 32.2. The van der Waals surface area contributed by atoms with Gasteiger partial charge in [-0.2, -0.15) is 0 Å². The molecule has 0 atom stereocenters. The Labute approximate surface area is 164 Å². The largest absolute Gasteiger partial charge is 0.371 e. The van der Waals surface area contributed by atoms with Crippen molar-refractivity contribution in [2.24, 2.45) is 4.99 Å². The molecule has 3 rings (SSSR count). The number of thiazole rings is 1. The number of benzene rings is 1. The second kappa shape index (κ2) is 10.4. The van der Waals surface area contributed by atoms with Gasteiger partial charge in [-0.3, -0.25) is 4.99 Å². The van der Waals surface area contributed by atoms with Gasteiger partial charge in [0.1, 0.15) is 4.34 Å². The molecule has 5 nitrogen and oxygen atoms in total. The number of piperidine rings is 1. The zero-order chi connectivity index (χ0) is 18.0. The number of nitrogens with zero attached hydrogens (tertiary/aromatic N) is 3. The van der Waals surface area contributed by atoms with Crippen LogP contribution in [0.3, 0.4) is 0 Å². The Bertz CT molecular complexity index is 652. The molecule has 0 amide bonds. The van der Waals surface area contributed by atoms with Crippen molar-refractivity contribution in [3.63, 3.8) is 0 Å². The summed E-state index contributed by atoms with van der Waals surface area (Å²) >= 11 is 3.53. The summed E-state index contributed by atoms with van der Waals surface area (Å²) < 4.78 is 1.15. The van der Waals surface area contributed by atoms with Gasteiger partial charge in [0.15, 0.2) is 5.96 Å². The minimum absolute atomic E-state index is 0.492. The maximum absolute atomic E-state index is 4.37. The van der Waals surface area contributed by atoms with Crippen LogP contribution in [0.4, 0.5) is 5.69 Å². The summed E-state index contributed by atoms with van der Waals surface area (Å²) in [7, 11) is 1.85. The molecule has 1 aliphatic rings. The van der Waals surface area contributed by atoms with Gasteiger partial charge in [0, 0.05) is 55.7 Å². The van der Waals surface area contributed by atoms with E-state index in [1.807, 2.05) is 30.4 Å². The van der Waals surface area contributed by atoms with E-state index >= 15 is 0 Å². The van der Waals surface area contributed by atoms with Crippen molar-refractivity contribution in [1.29, 1.82) is 0 Å². The predicted octanol–water partition coefficient (Wildman–Crippen LogP) is 3.46. The molecule has 1 aromatic carbocycles. The third kappa shape index (κ3) is 5.92. The number of aliphatic imine (C=N–C) groups is 1. The second-order valence-corrected chi connectivity index (χ2v) is 8.48. The lowest BCUT2D eigenvalue weighted by Crippen LogP contribution is -2.48. The number of nitrogens with one attached hydrogen (secondary N) is 2. The maximum atomic E-state index is 4.37. The average molecular weight is 390 g/mol. The maximum Gasteiger partial charge on any atom is 0.191 e. The number of thioether (sulfide) groups is 1. The van der Waals surface area contributed by atoms with E-state index in [0.29, 0.717) is 6.04 Å². The summed E-state index contributed by atoms with van der Waals surface area (Å²) in [6, 6.07) is 11.2. The molecule has 0 bridgehead atoms. The molecule has 1 saturated heterocycles. The van der Waals surface area contributed by atoms with Crippen LogP contribution in [-0.4, -0.2) is 49.4 Å². The Morgan fingerprint density at radius 3 is 2.81 bits per heavy atom. The van der Waals surface area contributed by atoms with Crippen LogP contribution in [0.25, 0.3) is 0 Å². The molecule has 0 spiro atoms. The molecule has 7 heteroatoms. The van der Waals surface area contributed by atoms with Crippen molar-refractivity contribution < 1.29 is 0 Å². The second-order valence-electron chi connectivity index (χ2n) is 6.24. The molecule has 2 aromatic rings. The Kier molecular flexibility index (Phi) is 7.64. The summed E-state index contributed by atoms with van der Waals surface area (Å²) in [5, 5.41) is 9.04. The minimum Gasteiger partial charge on any atom is -0.371 e. The molecular formula is C19H27N5S2. The van der Waals surface area contributed by atoms with Gasteiger partial charge >= 0.3 is 0 Å². The Hall–Kier alpha value is -1.73. The number of hydrogen-bond acceptors (Lipinski definition) is 5. The van der Waals surface area contributed by atoms with Gasteiger partial charge in [0.05, 0.1) is 0 Å². The summed E-state index contributed by atoms with van der Waals surface area (Å²) in [6.45, 7) is 3.10. The fraction of sp³-hybridized carbons (Fsp3) is 0.474. The van der Waals surface area contributed by atoms with Crippen LogP contribution >= 0.6 is 23.1 Å². The first-order chi connectivity index (χ1) is 12.8. The number of rotatable bonds is 7. The topological polar surface area (TPSA) is 52.6 Å². The molecule has 2 N–H and O–H groups in total. The van der Waals surface area contributed by atoms with E-state index in [-0.39, 0.29) is 0 Å². The molecule has 0 saturated carbocycles. The highest BCUT2D eigenvalue weighted by Crippen LogP contribution is 2.21. The summed E-state index contributed by atoms with van der Waals surface area (Å²) in [5.41, 5.74) is 1.33. The normalized spacial score (nSPS) is 15.9. The van der Waals surface area contributed by atoms with Gasteiger partial charge in [0.2, 0.25) is 0 Å². The van der Waals surface area contributed by atoms with Crippen molar-refractivity contribution in [2.45, 2.75) is 29.6 Å². The molecule has 1 aromatic heterocycles. The molecular weight excluding hydrogens is 362 g/mol. The van der Waals surface area contributed by atoms with Gasteiger partial charge < -0.3 is 15.5 Å². The van der Waals surface area contributed by atoms with E-state index < -0.39 is 0 Å². The lowest BCUT2D eigenvalue weighted by atomic mass is 10.0. The highest BCUT2D eigenvalue weighted by Gasteiger charge is 2.19. The third-order valence-electron chi connectivity index (χ3n) is 4.43. The third-order valence-corrected chi connectivity index (χ3v) is 6.48. The Morgan fingerprint density at radius 1 is 1.31 bits per heavy atom. The lowest BCUT2D eigenvalue weighted by Gasteiger charge is -2.34. The predicted molar refractivity (Wildman–Crippen MR) is 114 cm³/mol. The van der Waals surface area contributed by atoms with Crippen molar-refractivity contribution in [2.75, 3.05) is 37.3 Å². The van der Waals surface area contributed by atoms with Crippen LogP contribution in [0.15, 0.2) is 51.2 Å². The first-order valence-corrected chi connectivity index (χ1v) is 11.0. The van der Waals surface area contributed by atoms with Crippen molar-refractivity contribution in [1.82, 2.24) is 15.6 Å². The van der Waals surface area contributed by atoms with E-state index in [4.69, 9.17) is 0 Å². The number of para-hydroxylation sites is 1. The molecule has 0 unspecified atom stereocenters. The van der Waals surface area contributed by atoms with E-state index in [9.17, 15) is 0 Å². The lowest BCUT2D eigenvalue weighted by molar-refractivity contribution is 0.461. The first-order valence-electron chi connectivity index (χ1n) is 9.14. The van der Waals surface area contributed by atoms with Crippen LogP contribution in [0, 0.1) is 0 Å². The molecule has 2 heterocycles. The molecule has 26 heavy (non-hydrogen) atoms. The number of anilines is 1. The zero-order valence-electron chi connectivity index (χ0n) is 15.2. The zero-order valence-corrected chi connectivity index (χ0v) is 16.9. The fourth-order valence-electron chi connectivity index (χ4n) is 3.03. The van der Waals surface area contributed by atoms with E-state index in [0.717, 1.165) is 54.9 Å². The quantitative estimate of drug-likeness (QED) is 0.329. The van der Waals surface area contributed by atoms with Gasteiger partial charge in [-0.1, -0.05) is 30.0 Å².